The van der Waals surface area contributed by atoms with Crippen LogP contribution in [-0.2, 0) is 9.59 Å². The van der Waals surface area contributed by atoms with E-state index in [0.717, 1.165) is 31.5 Å². The lowest BCUT2D eigenvalue weighted by Gasteiger charge is -2.37. The van der Waals surface area contributed by atoms with Gasteiger partial charge >= 0.3 is 0 Å². The standard InChI is InChI=1S/C22H34N4O2.2ClH/c1-24(19-10-6-3-7-11-19)22(28)17-25-12-14-26(15-13-25)21(27)16-20(23)18-8-4-2-5-9-18;;/h2,4-5,8-9,19-20H,3,6-7,10-17,23H2,1H3;2*1H. The van der Waals surface area contributed by atoms with Crippen molar-refractivity contribution in [1.82, 2.24) is 14.7 Å². The molecule has 2 N–H and O–H groups in total. The van der Waals surface area contributed by atoms with E-state index in [1.54, 1.807) is 0 Å². The number of hydrogen-bond acceptors (Lipinski definition) is 4. The summed E-state index contributed by atoms with van der Waals surface area (Å²) in [5.41, 5.74) is 7.18. The van der Waals surface area contributed by atoms with Gasteiger partial charge in [-0.2, -0.15) is 0 Å². The van der Waals surface area contributed by atoms with Crippen molar-refractivity contribution in [2.45, 2.75) is 50.6 Å². The Labute approximate surface area is 193 Å². The number of likely N-dealkylation sites (N-methyl/N-ethyl adjacent to an activating group) is 1. The van der Waals surface area contributed by atoms with E-state index < -0.39 is 0 Å². The molecule has 1 saturated carbocycles. The Balaban J connectivity index is 0.00000225. The minimum Gasteiger partial charge on any atom is -0.342 e. The van der Waals surface area contributed by atoms with Crippen LogP contribution < -0.4 is 5.73 Å². The number of piperazine rings is 1. The molecule has 2 aliphatic rings. The lowest BCUT2D eigenvalue weighted by molar-refractivity contribution is -0.136. The Morgan fingerprint density at radius 3 is 2.23 bits per heavy atom. The van der Waals surface area contributed by atoms with E-state index in [2.05, 4.69) is 4.90 Å². The molecule has 8 heteroatoms. The van der Waals surface area contributed by atoms with Crippen LogP contribution in [0.5, 0.6) is 0 Å². The van der Waals surface area contributed by atoms with Crippen LogP contribution in [0.4, 0.5) is 0 Å². The highest BCUT2D eigenvalue weighted by Gasteiger charge is 2.27. The highest BCUT2D eigenvalue weighted by molar-refractivity contribution is 5.85. The monoisotopic (exact) mass is 458 g/mol. The van der Waals surface area contributed by atoms with Gasteiger partial charge in [-0.15, -0.1) is 24.8 Å². The fourth-order valence-corrected chi connectivity index (χ4v) is 4.27. The molecule has 0 bridgehead atoms. The van der Waals surface area contributed by atoms with E-state index in [9.17, 15) is 9.59 Å². The summed E-state index contributed by atoms with van der Waals surface area (Å²) in [6.07, 6.45) is 6.34. The summed E-state index contributed by atoms with van der Waals surface area (Å²) in [6, 6.07) is 9.90. The van der Waals surface area contributed by atoms with Crippen LogP contribution in [0, 0.1) is 0 Å². The van der Waals surface area contributed by atoms with Gasteiger partial charge in [0.25, 0.3) is 0 Å². The van der Waals surface area contributed by atoms with Gasteiger partial charge in [0, 0.05) is 51.7 Å². The van der Waals surface area contributed by atoms with Gasteiger partial charge in [-0.25, -0.2) is 0 Å². The Morgan fingerprint density at radius 2 is 1.63 bits per heavy atom. The normalized spacial score (nSPS) is 18.7. The molecule has 1 aliphatic heterocycles. The highest BCUT2D eigenvalue weighted by atomic mass is 35.5. The number of benzene rings is 1. The number of halogens is 2. The summed E-state index contributed by atoms with van der Waals surface area (Å²) in [7, 11) is 1.95. The van der Waals surface area contributed by atoms with Crippen molar-refractivity contribution < 1.29 is 9.59 Å². The molecule has 2 amide bonds. The van der Waals surface area contributed by atoms with Gasteiger partial charge in [0.15, 0.2) is 0 Å². The maximum absolute atomic E-state index is 12.6. The molecule has 3 rings (SSSR count). The Morgan fingerprint density at radius 1 is 1.03 bits per heavy atom. The minimum absolute atomic E-state index is 0. The zero-order chi connectivity index (χ0) is 19.9. The molecule has 0 radical (unpaired) electrons. The molecule has 170 valence electrons. The first-order chi connectivity index (χ1) is 13.5. The third-order valence-corrected chi connectivity index (χ3v) is 6.22. The molecule has 6 nitrogen and oxygen atoms in total. The number of rotatable bonds is 6. The molecule has 1 atom stereocenters. The first-order valence-electron chi connectivity index (χ1n) is 10.6. The van der Waals surface area contributed by atoms with E-state index in [1.807, 2.05) is 47.2 Å². The number of nitrogens with two attached hydrogens (primary N) is 1. The van der Waals surface area contributed by atoms with E-state index in [-0.39, 0.29) is 42.7 Å². The van der Waals surface area contributed by atoms with Crippen molar-refractivity contribution in [2.75, 3.05) is 39.8 Å². The maximum atomic E-state index is 12.6. The summed E-state index contributed by atoms with van der Waals surface area (Å²) in [4.78, 5) is 31.2. The third kappa shape index (κ3) is 7.41. The molecule has 0 spiro atoms. The smallest absolute Gasteiger partial charge is 0.236 e. The summed E-state index contributed by atoms with van der Waals surface area (Å²) in [6.45, 7) is 3.28. The summed E-state index contributed by atoms with van der Waals surface area (Å²) < 4.78 is 0. The van der Waals surface area contributed by atoms with E-state index in [1.165, 1.54) is 19.3 Å². The van der Waals surface area contributed by atoms with Gasteiger partial charge in [0.1, 0.15) is 0 Å². The lowest BCUT2D eigenvalue weighted by Crippen LogP contribution is -2.52. The Bertz CT molecular complexity index is 648. The molecule has 2 fully saturated rings. The fraction of sp³-hybridized carbons (Fsp3) is 0.636. The quantitative estimate of drug-likeness (QED) is 0.711. The molecule has 1 saturated heterocycles. The van der Waals surface area contributed by atoms with Crippen LogP contribution in [0.25, 0.3) is 0 Å². The zero-order valence-corrected chi connectivity index (χ0v) is 19.5. The second kappa shape index (κ2) is 13.2. The SMILES string of the molecule is CN(C(=O)CN1CCN(C(=O)CC(N)c2ccccc2)CC1)C1CCCCC1.Cl.Cl. The van der Waals surface area contributed by atoms with Gasteiger partial charge in [0.2, 0.25) is 11.8 Å². The average molecular weight is 459 g/mol. The Hall–Kier alpha value is -1.34. The second-order valence-electron chi connectivity index (χ2n) is 8.17. The first-order valence-corrected chi connectivity index (χ1v) is 10.6. The van der Waals surface area contributed by atoms with E-state index >= 15 is 0 Å². The number of carbonyl (C=O) groups excluding carboxylic acids is 2. The number of amides is 2. The second-order valence-corrected chi connectivity index (χ2v) is 8.17. The van der Waals surface area contributed by atoms with E-state index in [4.69, 9.17) is 5.73 Å². The average Bonchev–Trinajstić information content (AvgIpc) is 2.74. The minimum atomic E-state index is -0.266. The van der Waals surface area contributed by atoms with Crippen molar-refractivity contribution in [3.63, 3.8) is 0 Å². The van der Waals surface area contributed by atoms with Crippen molar-refractivity contribution in [3.05, 3.63) is 35.9 Å². The van der Waals surface area contributed by atoms with Crippen LogP contribution in [-0.4, -0.2) is 72.3 Å². The van der Waals surface area contributed by atoms with Gasteiger partial charge in [-0.3, -0.25) is 14.5 Å². The van der Waals surface area contributed by atoms with Gasteiger partial charge in [-0.05, 0) is 18.4 Å². The van der Waals surface area contributed by atoms with Crippen LogP contribution in [0.15, 0.2) is 30.3 Å². The third-order valence-electron chi connectivity index (χ3n) is 6.22. The summed E-state index contributed by atoms with van der Waals surface area (Å²) in [5.74, 6) is 0.305. The largest absolute Gasteiger partial charge is 0.342 e. The summed E-state index contributed by atoms with van der Waals surface area (Å²) >= 11 is 0. The molecule has 1 heterocycles. The predicted octanol–water partition coefficient (Wildman–Crippen LogP) is 2.86. The van der Waals surface area contributed by atoms with Crippen LogP contribution in [0.2, 0.25) is 0 Å². The van der Waals surface area contributed by atoms with Gasteiger partial charge in [-0.1, -0.05) is 49.6 Å². The van der Waals surface area contributed by atoms with Crippen LogP contribution in [0.3, 0.4) is 0 Å². The number of hydrogen-bond donors (Lipinski definition) is 1. The Kier molecular flexibility index (Phi) is 11.7. The van der Waals surface area contributed by atoms with Crippen LogP contribution >= 0.6 is 24.8 Å². The maximum Gasteiger partial charge on any atom is 0.236 e. The molecule has 0 aromatic heterocycles. The van der Waals surface area contributed by atoms with Crippen molar-refractivity contribution in [2.24, 2.45) is 5.73 Å². The number of nitrogens with zero attached hydrogens (tertiary/aromatic N) is 3. The molecule has 1 aliphatic carbocycles. The van der Waals surface area contributed by atoms with E-state index in [0.29, 0.717) is 32.1 Å². The fourth-order valence-electron chi connectivity index (χ4n) is 4.27. The molecule has 30 heavy (non-hydrogen) atoms. The molecule has 1 aromatic carbocycles. The van der Waals surface area contributed by atoms with Gasteiger partial charge in [0.05, 0.1) is 6.54 Å². The molecule has 1 unspecified atom stereocenters. The predicted molar refractivity (Wildman–Crippen MR) is 125 cm³/mol. The van der Waals surface area contributed by atoms with Crippen molar-refractivity contribution >= 4 is 36.6 Å². The first kappa shape index (κ1) is 26.7. The molecular weight excluding hydrogens is 423 g/mol. The number of carbonyl (C=O) groups is 2. The molecule has 1 aromatic rings. The lowest BCUT2D eigenvalue weighted by atomic mass is 9.94. The topological polar surface area (TPSA) is 69.9 Å². The van der Waals surface area contributed by atoms with Crippen molar-refractivity contribution in [1.29, 1.82) is 0 Å². The highest BCUT2D eigenvalue weighted by Crippen LogP contribution is 2.22. The zero-order valence-electron chi connectivity index (χ0n) is 17.9. The van der Waals surface area contributed by atoms with Crippen molar-refractivity contribution in [3.8, 4) is 0 Å². The van der Waals surface area contributed by atoms with Crippen LogP contribution in [0.1, 0.15) is 50.1 Å². The molecular formula is C22H36Cl2N4O2. The van der Waals surface area contributed by atoms with Gasteiger partial charge < -0.3 is 15.5 Å². The summed E-state index contributed by atoms with van der Waals surface area (Å²) in [5, 5.41) is 0.